The van der Waals surface area contributed by atoms with Crippen LogP contribution >= 0.6 is 54.8 Å². The Bertz CT molecular complexity index is 590. The minimum absolute atomic E-state index is 0.0831. The van der Waals surface area contributed by atoms with Crippen molar-refractivity contribution in [1.82, 2.24) is 0 Å². The molecule has 2 nitrogen and oxygen atoms in total. The number of ether oxygens (including phenoxy) is 1. The molecule has 2 rings (SSSR count). The van der Waals surface area contributed by atoms with Gasteiger partial charge in [0.1, 0.15) is 11.9 Å². The van der Waals surface area contributed by atoms with Gasteiger partial charge in [-0.05, 0) is 52.7 Å². The van der Waals surface area contributed by atoms with Gasteiger partial charge in [-0.2, -0.15) is 0 Å². The first-order chi connectivity index (χ1) is 9.51. The van der Waals surface area contributed by atoms with Gasteiger partial charge >= 0.3 is 0 Å². The third-order valence-corrected chi connectivity index (χ3v) is 5.36. The predicted molar refractivity (Wildman–Crippen MR) is 92.8 cm³/mol. The summed E-state index contributed by atoms with van der Waals surface area (Å²) in [5, 5.41) is 0.572. The molecule has 2 aromatic rings. The molecule has 0 radical (unpaired) electrons. The first-order valence-corrected chi connectivity index (χ1v) is 8.91. The first-order valence-electron chi connectivity index (χ1n) is 6.13. The monoisotopic (exact) mass is 437 g/mol. The molecular weight excluding hydrogens is 425 g/mol. The number of thiophene rings is 1. The lowest BCUT2D eigenvalue weighted by Crippen LogP contribution is -2.31. The smallest absolute Gasteiger partial charge is 0.148 e. The number of hydrogen-bond donors (Lipinski definition) is 1. The van der Waals surface area contributed by atoms with Gasteiger partial charge in [-0.15, -0.1) is 11.3 Å². The van der Waals surface area contributed by atoms with Crippen LogP contribution in [0, 0.1) is 0 Å². The lowest BCUT2D eigenvalue weighted by molar-refractivity contribution is 0.175. The van der Waals surface area contributed by atoms with Crippen LogP contribution in [0.3, 0.4) is 0 Å². The molecule has 0 aliphatic rings. The molecule has 1 aromatic carbocycles. The fourth-order valence-electron chi connectivity index (χ4n) is 1.76. The van der Waals surface area contributed by atoms with Crippen molar-refractivity contribution in [2.24, 2.45) is 5.73 Å². The van der Waals surface area contributed by atoms with Crippen molar-refractivity contribution in [2.75, 3.05) is 0 Å². The van der Waals surface area contributed by atoms with Crippen molar-refractivity contribution in [1.29, 1.82) is 0 Å². The van der Waals surface area contributed by atoms with Crippen molar-refractivity contribution in [3.8, 4) is 5.75 Å². The van der Waals surface area contributed by atoms with E-state index in [9.17, 15) is 0 Å². The van der Waals surface area contributed by atoms with Crippen LogP contribution in [0.25, 0.3) is 0 Å². The topological polar surface area (TPSA) is 35.2 Å². The highest BCUT2D eigenvalue weighted by Gasteiger charge is 2.23. The summed E-state index contributed by atoms with van der Waals surface area (Å²) in [6.45, 7) is 2.05. The van der Waals surface area contributed by atoms with Gasteiger partial charge in [0, 0.05) is 15.4 Å². The zero-order chi connectivity index (χ0) is 14.7. The normalized spacial score (nSPS) is 14.1. The lowest BCUT2D eigenvalue weighted by Gasteiger charge is -2.24. The molecule has 0 spiro atoms. The SMILES string of the molecule is CCC(N)C(Oc1ccc(Br)cc1Cl)c1ccc(Br)s1. The van der Waals surface area contributed by atoms with Crippen LogP contribution in [0.5, 0.6) is 5.75 Å². The van der Waals surface area contributed by atoms with Gasteiger partial charge in [0.25, 0.3) is 0 Å². The highest BCUT2D eigenvalue weighted by molar-refractivity contribution is 9.11. The van der Waals surface area contributed by atoms with Gasteiger partial charge in [-0.1, -0.05) is 34.5 Å². The quantitative estimate of drug-likeness (QED) is 0.641. The van der Waals surface area contributed by atoms with Gasteiger partial charge < -0.3 is 10.5 Å². The third-order valence-electron chi connectivity index (χ3n) is 2.88. The molecule has 2 N–H and O–H groups in total. The Balaban J connectivity index is 2.28. The summed E-state index contributed by atoms with van der Waals surface area (Å²) in [5.74, 6) is 0.647. The molecule has 0 aliphatic carbocycles. The second-order valence-electron chi connectivity index (χ2n) is 4.33. The molecule has 0 saturated heterocycles. The van der Waals surface area contributed by atoms with E-state index >= 15 is 0 Å². The maximum Gasteiger partial charge on any atom is 0.148 e. The predicted octanol–water partition coefficient (Wildman–Crippen LogP) is 5.78. The highest BCUT2D eigenvalue weighted by atomic mass is 79.9. The van der Waals surface area contributed by atoms with Gasteiger partial charge in [0.2, 0.25) is 0 Å². The van der Waals surface area contributed by atoms with Crippen molar-refractivity contribution in [3.63, 3.8) is 0 Å². The van der Waals surface area contributed by atoms with Crippen LogP contribution in [-0.2, 0) is 0 Å². The number of nitrogens with two attached hydrogens (primary N) is 1. The van der Waals surface area contributed by atoms with Crippen molar-refractivity contribution in [2.45, 2.75) is 25.5 Å². The number of benzene rings is 1. The number of hydrogen-bond acceptors (Lipinski definition) is 3. The molecule has 108 valence electrons. The molecule has 0 fully saturated rings. The Kier molecular flexibility index (Phi) is 5.93. The Hall–Kier alpha value is -0.0700. The van der Waals surface area contributed by atoms with E-state index < -0.39 is 0 Å². The molecule has 0 amide bonds. The second kappa shape index (κ2) is 7.27. The van der Waals surface area contributed by atoms with E-state index in [2.05, 4.69) is 31.9 Å². The highest BCUT2D eigenvalue weighted by Crippen LogP contribution is 2.36. The van der Waals surface area contributed by atoms with E-state index in [4.69, 9.17) is 22.1 Å². The molecular formula is C14H14Br2ClNOS. The maximum absolute atomic E-state index is 6.21. The minimum atomic E-state index is -0.199. The van der Waals surface area contributed by atoms with Crippen LogP contribution in [0.2, 0.25) is 5.02 Å². The van der Waals surface area contributed by atoms with Crippen molar-refractivity contribution in [3.05, 3.63) is 48.5 Å². The third kappa shape index (κ3) is 3.98. The summed E-state index contributed by atoms with van der Waals surface area (Å²) < 4.78 is 8.05. The Morgan fingerprint density at radius 2 is 2.05 bits per heavy atom. The lowest BCUT2D eigenvalue weighted by atomic mass is 10.1. The van der Waals surface area contributed by atoms with Gasteiger partial charge in [0.05, 0.1) is 8.81 Å². The summed E-state index contributed by atoms with van der Waals surface area (Å²) in [6, 6.07) is 9.52. The number of rotatable bonds is 5. The average Bonchev–Trinajstić information content (AvgIpc) is 2.83. The molecule has 20 heavy (non-hydrogen) atoms. The van der Waals surface area contributed by atoms with Crippen LogP contribution in [-0.4, -0.2) is 6.04 Å². The van der Waals surface area contributed by atoms with E-state index in [1.807, 2.05) is 37.3 Å². The Labute approximate surface area is 144 Å². The summed E-state index contributed by atoms with van der Waals surface area (Å²) in [5.41, 5.74) is 6.20. The molecule has 6 heteroatoms. The van der Waals surface area contributed by atoms with Crippen LogP contribution in [0.4, 0.5) is 0 Å². The standard InChI is InChI=1S/C14H14Br2ClNOS/c1-2-10(18)14(12-5-6-13(16)20-12)19-11-4-3-8(15)7-9(11)17/h3-7,10,14H,2,18H2,1H3. The Morgan fingerprint density at radius 3 is 2.60 bits per heavy atom. The molecule has 2 unspecified atom stereocenters. The van der Waals surface area contributed by atoms with Crippen LogP contribution in [0.15, 0.2) is 38.6 Å². The fourth-order valence-corrected chi connectivity index (χ4v) is 4.01. The van der Waals surface area contributed by atoms with Gasteiger partial charge in [-0.3, -0.25) is 0 Å². The van der Waals surface area contributed by atoms with E-state index in [1.165, 1.54) is 0 Å². The molecule has 2 atom stereocenters. The largest absolute Gasteiger partial charge is 0.482 e. The summed E-state index contributed by atoms with van der Waals surface area (Å²) in [4.78, 5) is 1.09. The Morgan fingerprint density at radius 1 is 1.30 bits per heavy atom. The van der Waals surface area contributed by atoms with E-state index in [-0.39, 0.29) is 12.1 Å². The summed E-state index contributed by atoms with van der Waals surface area (Å²) >= 11 is 14.7. The number of halogens is 3. The van der Waals surface area contributed by atoms with E-state index in [0.29, 0.717) is 10.8 Å². The molecule has 0 aliphatic heterocycles. The van der Waals surface area contributed by atoms with Crippen LogP contribution < -0.4 is 10.5 Å². The van der Waals surface area contributed by atoms with E-state index in [0.717, 1.165) is 19.6 Å². The zero-order valence-electron chi connectivity index (χ0n) is 10.8. The van der Waals surface area contributed by atoms with Crippen molar-refractivity contribution >= 4 is 54.8 Å². The summed E-state index contributed by atoms with van der Waals surface area (Å²) in [6.07, 6.45) is 0.629. The van der Waals surface area contributed by atoms with Gasteiger partial charge in [0.15, 0.2) is 0 Å². The maximum atomic E-state index is 6.21. The first kappa shape index (κ1) is 16.3. The van der Waals surface area contributed by atoms with Gasteiger partial charge in [-0.25, -0.2) is 0 Å². The van der Waals surface area contributed by atoms with Crippen molar-refractivity contribution < 1.29 is 4.74 Å². The average molecular weight is 440 g/mol. The molecule has 1 aromatic heterocycles. The summed E-state index contributed by atoms with van der Waals surface area (Å²) in [7, 11) is 0. The fraction of sp³-hybridized carbons (Fsp3) is 0.286. The molecule has 0 saturated carbocycles. The van der Waals surface area contributed by atoms with Crippen LogP contribution in [0.1, 0.15) is 24.3 Å². The second-order valence-corrected chi connectivity index (χ2v) is 8.14. The molecule has 1 heterocycles. The minimum Gasteiger partial charge on any atom is -0.482 e. The molecule has 0 bridgehead atoms. The van der Waals surface area contributed by atoms with E-state index in [1.54, 1.807) is 11.3 Å². The zero-order valence-corrected chi connectivity index (χ0v) is 15.5.